The minimum absolute atomic E-state index is 0.0431. The zero-order valence-electron chi connectivity index (χ0n) is 16.7. The van der Waals surface area contributed by atoms with Gasteiger partial charge in [0.25, 0.3) is 0 Å². The highest BCUT2D eigenvalue weighted by Crippen LogP contribution is 2.26. The van der Waals surface area contributed by atoms with E-state index in [1.165, 1.54) is 11.1 Å². The van der Waals surface area contributed by atoms with Crippen molar-refractivity contribution < 1.29 is 14.3 Å². The molecule has 0 saturated carbocycles. The minimum Gasteiger partial charge on any atom is -0.482 e. The first-order chi connectivity index (χ1) is 14.6. The number of hydrogen-bond donors (Lipinski definition) is 2. The zero-order chi connectivity index (χ0) is 20.9. The van der Waals surface area contributed by atoms with E-state index in [0.29, 0.717) is 5.75 Å². The molecule has 0 fully saturated rings. The predicted octanol–water partition coefficient (Wildman–Crippen LogP) is 3.12. The topological polar surface area (TPSA) is 112 Å². The Morgan fingerprint density at radius 2 is 1.93 bits per heavy atom. The molecule has 3 N–H and O–H groups in total. The van der Waals surface area contributed by atoms with Gasteiger partial charge in [-0.3, -0.25) is 0 Å². The molecule has 0 unspecified atom stereocenters. The highest BCUT2D eigenvalue weighted by atomic mass is 16.6. The van der Waals surface area contributed by atoms with E-state index >= 15 is 0 Å². The van der Waals surface area contributed by atoms with Gasteiger partial charge in [0.15, 0.2) is 19.0 Å². The molecule has 1 aromatic heterocycles. The number of anilines is 3. The molecule has 8 heteroatoms. The van der Waals surface area contributed by atoms with Crippen LogP contribution in [0.4, 0.5) is 17.6 Å². The van der Waals surface area contributed by atoms with E-state index in [4.69, 9.17) is 15.2 Å². The summed E-state index contributed by atoms with van der Waals surface area (Å²) >= 11 is 0. The van der Waals surface area contributed by atoms with Crippen LogP contribution in [0.1, 0.15) is 28.9 Å². The number of carbonyl (C=O) groups excluding carboxylic acids is 1. The monoisotopic (exact) mass is 405 g/mol. The molecule has 0 spiro atoms. The van der Waals surface area contributed by atoms with Gasteiger partial charge in [0, 0.05) is 5.69 Å². The van der Waals surface area contributed by atoms with Crippen molar-refractivity contribution >= 4 is 23.6 Å². The Hall–Kier alpha value is -3.68. The average Bonchev–Trinajstić information content (AvgIpc) is 3.20. The van der Waals surface area contributed by atoms with Crippen LogP contribution in [0.5, 0.6) is 5.75 Å². The second kappa shape index (κ2) is 8.77. The van der Waals surface area contributed by atoms with E-state index in [1.807, 2.05) is 43.3 Å². The van der Waals surface area contributed by atoms with E-state index in [-0.39, 0.29) is 30.9 Å². The lowest BCUT2D eigenvalue weighted by Gasteiger charge is -2.10. The summed E-state index contributed by atoms with van der Waals surface area (Å²) in [7, 11) is 0. The lowest BCUT2D eigenvalue weighted by molar-refractivity contribution is -0.147. The zero-order valence-corrected chi connectivity index (χ0v) is 16.7. The molecule has 0 radical (unpaired) electrons. The largest absolute Gasteiger partial charge is 0.482 e. The molecule has 3 aromatic rings. The minimum atomic E-state index is -0.511. The van der Waals surface area contributed by atoms with Crippen LogP contribution in [0.25, 0.3) is 0 Å². The maximum atomic E-state index is 12.1. The van der Waals surface area contributed by atoms with Crippen LogP contribution in [0.2, 0.25) is 0 Å². The number of nitrogens with two attached hydrogens (primary N) is 1. The van der Waals surface area contributed by atoms with Crippen molar-refractivity contribution in [3.05, 3.63) is 65.0 Å². The molecular formula is C22H23N5O3. The van der Waals surface area contributed by atoms with Gasteiger partial charge < -0.3 is 20.5 Å². The van der Waals surface area contributed by atoms with Gasteiger partial charge in [0.1, 0.15) is 5.75 Å². The number of ether oxygens (including phenoxy) is 2. The molecule has 0 saturated heterocycles. The molecular weight excluding hydrogens is 382 g/mol. The Bertz CT molecular complexity index is 1070. The second-order valence-electron chi connectivity index (χ2n) is 7.11. The smallest absolute Gasteiger partial charge is 0.344 e. The van der Waals surface area contributed by atoms with Gasteiger partial charge in [-0.05, 0) is 61.1 Å². The third-order valence-corrected chi connectivity index (χ3v) is 4.88. The third kappa shape index (κ3) is 4.83. The molecule has 1 aliphatic rings. The highest BCUT2D eigenvalue weighted by Gasteiger charge is 2.13. The molecule has 1 aliphatic carbocycles. The van der Waals surface area contributed by atoms with E-state index in [1.54, 1.807) is 0 Å². The van der Waals surface area contributed by atoms with Gasteiger partial charge in [-0.1, -0.05) is 24.3 Å². The van der Waals surface area contributed by atoms with Crippen molar-refractivity contribution in [3.63, 3.8) is 0 Å². The fourth-order valence-electron chi connectivity index (χ4n) is 3.36. The third-order valence-electron chi connectivity index (χ3n) is 4.88. The number of para-hydroxylation sites is 1. The number of nitrogens with zero attached hydrogens (tertiary/aromatic N) is 3. The summed E-state index contributed by atoms with van der Waals surface area (Å²) in [5.74, 6) is 0.743. The number of fused-ring (bicyclic) bond motifs is 1. The second-order valence-corrected chi connectivity index (χ2v) is 7.11. The number of hydrogen-bond acceptors (Lipinski definition) is 8. The molecule has 154 valence electrons. The van der Waals surface area contributed by atoms with Crippen molar-refractivity contribution in [1.29, 1.82) is 0 Å². The van der Waals surface area contributed by atoms with Crippen LogP contribution in [-0.2, 0) is 29.0 Å². The number of esters is 1. The number of carbonyl (C=O) groups is 1. The standard InChI is InChI=1S/C22H23N5O3/c1-14-5-2-3-8-18(14)24-22-26-19(25-21(23)27-22)12-30-20(28)13-29-17-10-9-15-6-4-7-16(15)11-17/h2-3,5,8-11H,4,6-7,12-13H2,1H3,(H3,23,24,25,26,27). The van der Waals surface area contributed by atoms with Gasteiger partial charge in [0.05, 0.1) is 0 Å². The maximum Gasteiger partial charge on any atom is 0.344 e. The fraction of sp³-hybridized carbons (Fsp3) is 0.273. The number of aryl methyl sites for hydroxylation is 3. The first kappa shape index (κ1) is 19.6. The van der Waals surface area contributed by atoms with Gasteiger partial charge in [0.2, 0.25) is 11.9 Å². The van der Waals surface area contributed by atoms with Crippen LogP contribution >= 0.6 is 0 Å². The van der Waals surface area contributed by atoms with Crippen LogP contribution < -0.4 is 15.8 Å². The summed E-state index contributed by atoms with van der Waals surface area (Å²) in [5.41, 5.74) is 10.3. The van der Waals surface area contributed by atoms with Crippen LogP contribution in [0.15, 0.2) is 42.5 Å². The number of nitrogen functional groups attached to an aromatic ring is 1. The number of benzene rings is 2. The Kier molecular flexibility index (Phi) is 5.74. The van der Waals surface area contributed by atoms with Crippen molar-refractivity contribution in [2.45, 2.75) is 32.8 Å². The molecule has 4 rings (SSSR count). The summed E-state index contributed by atoms with van der Waals surface area (Å²) in [4.78, 5) is 24.4. The Morgan fingerprint density at radius 3 is 2.80 bits per heavy atom. The van der Waals surface area contributed by atoms with E-state index in [9.17, 15) is 4.79 Å². The summed E-state index contributed by atoms with van der Waals surface area (Å²) < 4.78 is 10.8. The SMILES string of the molecule is Cc1ccccc1Nc1nc(N)nc(COC(=O)COc2ccc3c(c2)CCC3)n1. The summed E-state index contributed by atoms with van der Waals surface area (Å²) in [6.45, 7) is 1.66. The lowest BCUT2D eigenvalue weighted by Crippen LogP contribution is -2.16. The van der Waals surface area contributed by atoms with Crippen LogP contribution in [0.3, 0.4) is 0 Å². The average molecular weight is 405 g/mol. The highest BCUT2D eigenvalue weighted by molar-refractivity contribution is 5.71. The lowest BCUT2D eigenvalue weighted by atomic mass is 10.1. The van der Waals surface area contributed by atoms with E-state index < -0.39 is 5.97 Å². The van der Waals surface area contributed by atoms with Crippen molar-refractivity contribution in [3.8, 4) is 5.75 Å². The van der Waals surface area contributed by atoms with E-state index in [0.717, 1.165) is 30.5 Å². The summed E-state index contributed by atoms with van der Waals surface area (Å²) in [6, 6.07) is 13.7. The van der Waals surface area contributed by atoms with Gasteiger partial charge in [-0.25, -0.2) is 4.79 Å². The van der Waals surface area contributed by atoms with E-state index in [2.05, 4.69) is 26.3 Å². The number of nitrogens with one attached hydrogen (secondary N) is 1. The summed E-state index contributed by atoms with van der Waals surface area (Å²) in [6.07, 6.45) is 3.32. The quantitative estimate of drug-likeness (QED) is 0.577. The molecule has 0 bridgehead atoms. The number of aromatic nitrogens is 3. The Labute approximate surface area is 174 Å². The number of rotatable bonds is 7. The molecule has 2 aromatic carbocycles. The first-order valence-corrected chi connectivity index (χ1v) is 9.80. The predicted molar refractivity (Wildman–Crippen MR) is 112 cm³/mol. The first-order valence-electron chi connectivity index (χ1n) is 9.80. The molecule has 8 nitrogen and oxygen atoms in total. The van der Waals surface area contributed by atoms with Crippen molar-refractivity contribution in [1.82, 2.24) is 15.0 Å². The van der Waals surface area contributed by atoms with Crippen LogP contribution in [0, 0.1) is 6.92 Å². The molecule has 30 heavy (non-hydrogen) atoms. The maximum absolute atomic E-state index is 12.1. The Balaban J connectivity index is 1.32. The molecule has 0 aliphatic heterocycles. The van der Waals surface area contributed by atoms with Gasteiger partial charge in [-0.2, -0.15) is 15.0 Å². The normalized spacial score (nSPS) is 12.3. The van der Waals surface area contributed by atoms with Crippen molar-refractivity contribution in [2.24, 2.45) is 0 Å². The van der Waals surface area contributed by atoms with Crippen LogP contribution in [-0.4, -0.2) is 27.5 Å². The molecule has 0 atom stereocenters. The van der Waals surface area contributed by atoms with Gasteiger partial charge >= 0.3 is 5.97 Å². The molecule has 1 heterocycles. The fourth-order valence-corrected chi connectivity index (χ4v) is 3.36. The van der Waals surface area contributed by atoms with Crippen molar-refractivity contribution in [2.75, 3.05) is 17.7 Å². The summed E-state index contributed by atoms with van der Waals surface area (Å²) in [5, 5.41) is 3.10. The Morgan fingerprint density at radius 1 is 1.10 bits per heavy atom. The molecule has 0 amide bonds. The van der Waals surface area contributed by atoms with Gasteiger partial charge in [-0.15, -0.1) is 0 Å².